The second-order valence-electron chi connectivity index (χ2n) is 5.47. The molecule has 1 fully saturated rings. The quantitative estimate of drug-likeness (QED) is 0.812. The predicted octanol–water partition coefficient (Wildman–Crippen LogP) is 3.50. The third-order valence-corrected chi connectivity index (χ3v) is 4.28. The summed E-state index contributed by atoms with van der Waals surface area (Å²) in [6.07, 6.45) is 3.72. The van der Waals surface area contributed by atoms with Crippen molar-refractivity contribution in [2.75, 3.05) is 32.6 Å². The van der Waals surface area contributed by atoms with Gasteiger partial charge in [0.25, 0.3) is 0 Å². The molecular formula is C16H24Cl2N2O3. The van der Waals surface area contributed by atoms with Crippen LogP contribution in [0.15, 0.2) is 12.1 Å². The normalized spacial score (nSPS) is 14.7. The highest BCUT2D eigenvalue weighted by Crippen LogP contribution is 2.36. The maximum atomic E-state index is 12.2. The summed E-state index contributed by atoms with van der Waals surface area (Å²) in [7, 11) is 3.08. The van der Waals surface area contributed by atoms with Crippen LogP contribution in [0.4, 0.5) is 5.69 Å². The molecular weight excluding hydrogens is 339 g/mol. The Morgan fingerprint density at radius 2 is 1.91 bits per heavy atom. The zero-order valence-electron chi connectivity index (χ0n) is 13.5. The van der Waals surface area contributed by atoms with Crippen molar-refractivity contribution in [1.82, 2.24) is 5.32 Å². The Balaban J connectivity index is 0.00000264. The van der Waals surface area contributed by atoms with Gasteiger partial charge in [0.15, 0.2) is 0 Å². The predicted molar refractivity (Wildman–Crippen MR) is 95.3 cm³/mol. The number of methoxy groups -OCH3 is 2. The number of amides is 1. The number of rotatable bonds is 6. The van der Waals surface area contributed by atoms with Gasteiger partial charge in [-0.2, -0.15) is 0 Å². The minimum absolute atomic E-state index is 0. The van der Waals surface area contributed by atoms with E-state index in [0.29, 0.717) is 34.5 Å². The Hall–Kier alpha value is -1.17. The van der Waals surface area contributed by atoms with E-state index in [-0.39, 0.29) is 18.3 Å². The van der Waals surface area contributed by atoms with Gasteiger partial charge < -0.3 is 20.1 Å². The number of hydrogen-bond acceptors (Lipinski definition) is 4. The lowest BCUT2D eigenvalue weighted by atomic mass is 9.93. The van der Waals surface area contributed by atoms with Gasteiger partial charge in [-0.15, -0.1) is 12.4 Å². The molecule has 1 amide bonds. The van der Waals surface area contributed by atoms with Gasteiger partial charge >= 0.3 is 0 Å². The molecule has 1 saturated heterocycles. The van der Waals surface area contributed by atoms with E-state index in [2.05, 4.69) is 10.6 Å². The molecule has 0 aliphatic carbocycles. The molecule has 1 aliphatic heterocycles. The molecule has 1 heterocycles. The van der Waals surface area contributed by atoms with E-state index < -0.39 is 0 Å². The first-order valence-corrected chi connectivity index (χ1v) is 7.94. The number of nitrogens with one attached hydrogen (secondary N) is 2. The number of anilines is 1. The fraction of sp³-hybridized carbons (Fsp3) is 0.562. The minimum Gasteiger partial charge on any atom is -0.495 e. The Labute approximate surface area is 148 Å². The number of piperidine rings is 1. The van der Waals surface area contributed by atoms with Gasteiger partial charge in [-0.05, 0) is 38.3 Å². The van der Waals surface area contributed by atoms with Crippen LogP contribution in [-0.4, -0.2) is 33.2 Å². The molecule has 0 unspecified atom stereocenters. The SMILES string of the molecule is COc1cc(NC(=O)CCC2CCNCC2)c(OC)cc1Cl.Cl. The highest BCUT2D eigenvalue weighted by Gasteiger charge is 2.16. The molecule has 1 aromatic rings. The molecule has 0 radical (unpaired) electrons. The van der Waals surface area contributed by atoms with E-state index in [9.17, 15) is 4.79 Å². The monoisotopic (exact) mass is 362 g/mol. The first-order valence-electron chi connectivity index (χ1n) is 7.56. The second-order valence-corrected chi connectivity index (χ2v) is 5.87. The Kier molecular flexibility index (Phi) is 8.52. The van der Waals surface area contributed by atoms with Crippen molar-refractivity contribution < 1.29 is 14.3 Å². The van der Waals surface area contributed by atoms with E-state index in [1.807, 2.05) is 0 Å². The molecule has 23 heavy (non-hydrogen) atoms. The topological polar surface area (TPSA) is 59.6 Å². The van der Waals surface area contributed by atoms with Crippen LogP contribution in [0, 0.1) is 5.92 Å². The van der Waals surface area contributed by atoms with Gasteiger partial charge in [-0.3, -0.25) is 4.79 Å². The number of benzene rings is 1. The molecule has 0 saturated carbocycles. The summed E-state index contributed by atoms with van der Waals surface area (Å²) in [5.74, 6) is 1.66. The van der Waals surface area contributed by atoms with Gasteiger partial charge in [0, 0.05) is 18.6 Å². The smallest absolute Gasteiger partial charge is 0.224 e. The van der Waals surface area contributed by atoms with Crippen LogP contribution in [0.5, 0.6) is 11.5 Å². The van der Waals surface area contributed by atoms with Crippen molar-refractivity contribution in [2.45, 2.75) is 25.7 Å². The summed E-state index contributed by atoms with van der Waals surface area (Å²) in [6.45, 7) is 2.10. The number of carbonyl (C=O) groups excluding carboxylic acids is 1. The van der Waals surface area contributed by atoms with Crippen LogP contribution in [0.3, 0.4) is 0 Å². The van der Waals surface area contributed by atoms with Crippen molar-refractivity contribution in [3.05, 3.63) is 17.2 Å². The van der Waals surface area contributed by atoms with Crippen LogP contribution in [0.25, 0.3) is 0 Å². The number of ether oxygens (including phenoxy) is 2. The van der Waals surface area contributed by atoms with E-state index in [1.54, 1.807) is 19.2 Å². The number of halogens is 2. The van der Waals surface area contributed by atoms with Gasteiger partial charge in [0.2, 0.25) is 5.91 Å². The summed E-state index contributed by atoms with van der Waals surface area (Å²) in [6, 6.07) is 3.33. The molecule has 1 aromatic carbocycles. The van der Waals surface area contributed by atoms with E-state index in [4.69, 9.17) is 21.1 Å². The minimum atomic E-state index is -0.0128. The van der Waals surface area contributed by atoms with Crippen molar-refractivity contribution in [3.63, 3.8) is 0 Å². The Morgan fingerprint density at radius 1 is 1.26 bits per heavy atom. The van der Waals surface area contributed by atoms with E-state index in [0.717, 1.165) is 32.4 Å². The molecule has 1 aliphatic rings. The van der Waals surface area contributed by atoms with E-state index in [1.165, 1.54) is 7.11 Å². The lowest BCUT2D eigenvalue weighted by Crippen LogP contribution is -2.28. The van der Waals surface area contributed by atoms with Crippen molar-refractivity contribution in [2.24, 2.45) is 5.92 Å². The zero-order chi connectivity index (χ0) is 15.9. The first-order chi connectivity index (χ1) is 10.6. The highest BCUT2D eigenvalue weighted by molar-refractivity contribution is 6.32. The van der Waals surface area contributed by atoms with Gasteiger partial charge in [0.1, 0.15) is 11.5 Å². The lowest BCUT2D eigenvalue weighted by Gasteiger charge is -2.22. The summed E-state index contributed by atoms with van der Waals surface area (Å²) >= 11 is 6.06. The average molecular weight is 363 g/mol. The molecule has 130 valence electrons. The summed E-state index contributed by atoms with van der Waals surface area (Å²) in [5, 5.41) is 6.67. The summed E-state index contributed by atoms with van der Waals surface area (Å²) < 4.78 is 10.4. The fourth-order valence-electron chi connectivity index (χ4n) is 2.68. The maximum Gasteiger partial charge on any atom is 0.224 e. The lowest BCUT2D eigenvalue weighted by molar-refractivity contribution is -0.116. The van der Waals surface area contributed by atoms with Crippen LogP contribution < -0.4 is 20.1 Å². The Bertz CT molecular complexity index is 520. The van der Waals surface area contributed by atoms with Crippen LogP contribution in [0.1, 0.15) is 25.7 Å². The van der Waals surface area contributed by atoms with Crippen molar-refractivity contribution in [3.8, 4) is 11.5 Å². The molecule has 5 nitrogen and oxygen atoms in total. The molecule has 0 bridgehead atoms. The molecule has 0 aromatic heterocycles. The molecule has 7 heteroatoms. The van der Waals surface area contributed by atoms with E-state index >= 15 is 0 Å². The Morgan fingerprint density at radius 3 is 2.52 bits per heavy atom. The largest absolute Gasteiger partial charge is 0.495 e. The van der Waals surface area contributed by atoms with Crippen molar-refractivity contribution in [1.29, 1.82) is 0 Å². The zero-order valence-corrected chi connectivity index (χ0v) is 15.1. The fourth-order valence-corrected chi connectivity index (χ4v) is 2.91. The van der Waals surface area contributed by atoms with Gasteiger partial charge in [0.05, 0.1) is 24.9 Å². The third-order valence-electron chi connectivity index (χ3n) is 3.99. The highest BCUT2D eigenvalue weighted by atomic mass is 35.5. The third kappa shape index (κ3) is 5.75. The second kappa shape index (κ2) is 9.85. The molecule has 0 spiro atoms. The van der Waals surface area contributed by atoms with Crippen LogP contribution >= 0.6 is 24.0 Å². The van der Waals surface area contributed by atoms with Crippen molar-refractivity contribution >= 4 is 35.6 Å². The number of hydrogen-bond donors (Lipinski definition) is 2. The maximum absolute atomic E-state index is 12.2. The molecule has 0 atom stereocenters. The van der Waals surface area contributed by atoms with Gasteiger partial charge in [-0.25, -0.2) is 0 Å². The average Bonchev–Trinajstić information content (AvgIpc) is 2.55. The summed E-state index contributed by atoms with van der Waals surface area (Å²) in [5.41, 5.74) is 0.582. The van der Waals surface area contributed by atoms with Gasteiger partial charge in [-0.1, -0.05) is 11.6 Å². The van der Waals surface area contributed by atoms with Crippen LogP contribution in [-0.2, 0) is 4.79 Å². The standard InChI is InChI=1S/C16H23ClN2O3.ClH/c1-21-14-10-13(15(22-2)9-12(14)17)19-16(20)4-3-11-5-7-18-8-6-11;/h9-11,18H,3-8H2,1-2H3,(H,19,20);1H. The molecule has 2 rings (SSSR count). The van der Waals surface area contributed by atoms with Crippen LogP contribution in [0.2, 0.25) is 5.02 Å². The first kappa shape index (κ1) is 19.9. The molecule has 2 N–H and O–H groups in total. The number of carbonyl (C=O) groups is 1. The summed E-state index contributed by atoms with van der Waals surface area (Å²) in [4.78, 5) is 12.2.